The fourth-order valence-corrected chi connectivity index (χ4v) is 3.37. The molecular weight excluding hydrogens is 238 g/mol. The molecule has 2 atom stereocenters. The van der Waals surface area contributed by atoms with Crippen molar-refractivity contribution in [1.29, 1.82) is 0 Å². The van der Waals surface area contributed by atoms with E-state index in [1.165, 1.54) is 6.26 Å². The summed E-state index contributed by atoms with van der Waals surface area (Å²) in [6.45, 7) is 3.56. The number of carbonyl (C=O) groups is 1. The number of nitrogens with one attached hydrogen (secondary N) is 1. The van der Waals surface area contributed by atoms with Gasteiger partial charge in [0.05, 0.1) is 5.25 Å². The molecule has 17 heavy (non-hydrogen) atoms. The number of hydrogen-bond donors (Lipinski definition) is 1. The Kier molecular flexibility index (Phi) is 5.18. The first-order chi connectivity index (χ1) is 7.93. The van der Waals surface area contributed by atoms with E-state index in [4.69, 9.17) is 0 Å². The van der Waals surface area contributed by atoms with E-state index < -0.39 is 9.84 Å². The summed E-state index contributed by atoms with van der Waals surface area (Å²) in [5.74, 6) is -0.0101. The topological polar surface area (TPSA) is 63.2 Å². The van der Waals surface area contributed by atoms with E-state index in [9.17, 15) is 13.2 Å². The molecule has 1 rings (SSSR count). The molecule has 4 nitrogen and oxygen atoms in total. The molecule has 1 N–H and O–H groups in total. The number of amides is 1. The molecule has 5 heteroatoms. The van der Waals surface area contributed by atoms with Gasteiger partial charge >= 0.3 is 0 Å². The van der Waals surface area contributed by atoms with Crippen molar-refractivity contribution in [3.63, 3.8) is 0 Å². The second kappa shape index (κ2) is 6.19. The zero-order chi connectivity index (χ0) is 12.9. The third-order valence-electron chi connectivity index (χ3n) is 3.17. The number of sulfone groups is 1. The molecular formula is C12H21NO3S. The Morgan fingerprint density at radius 2 is 2.18 bits per heavy atom. The number of hydrogen-bond acceptors (Lipinski definition) is 3. The van der Waals surface area contributed by atoms with Gasteiger partial charge in [-0.15, -0.1) is 6.58 Å². The van der Waals surface area contributed by atoms with Crippen LogP contribution >= 0.6 is 0 Å². The maximum Gasteiger partial charge on any atom is 0.220 e. The second-order valence-electron chi connectivity index (χ2n) is 4.71. The maximum atomic E-state index is 11.5. The van der Waals surface area contributed by atoms with Crippen molar-refractivity contribution in [2.24, 2.45) is 0 Å². The van der Waals surface area contributed by atoms with E-state index in [-0.39, 0.29) is 17.2 Å². The van der Waals surface area contributed by atoms with Crippen molar-refractivity contribution in [3.05, 3.63) is 12.7 Å². The fraction of sp³-hybridized carbons (Fsp3) is 0.750. The van der Waals surface area contributed by atoms with Crippen molar-refractivity contribution < 1.29 is 13.2 Å². The molecule has 98 valence electrons. The van der Waals surface area contributed by atoms with Gasteiger partial charge in [-0.05, 0) is 25.7 Å². The Balaban J connectivity index is 2.45. The highest BCUT2D eigenvalue weighted by Gasteiger charge is 2.29. The van der Waals surface area contributed by atoms with Crippen LogP contribution in [0.3, 0.4) is 0 Å². The lowest BCUT2D eigenvalue weighted by Crippen LogP contribution is -2.41. The molecule has 0 unspecified atom stereocenters. The Morgan fingerprint density at radius 1 is 1.47 bits per heavy atom. The molecule has 0 bridgehead atoms. The zero-order valence-corrected chi connectivity index (χ0v) is 11.1. The Labute approximate surface area is 103 Å². The van der Waals surface area contributed by atoms with Crippen LogP contribution in [0.1, 0.15) is 38.5 Å². The van der Waals surface area contributed by atoms with Crippen LogP contribution in [0.25, 0.3) is 0 Å². The first-order valence-electron chi connectivity index (χ1n) is 6.02. The van der Waals surface area contributed by atoms with Crippen molar-refractivity contribution >= 4 is 15.7 Å². The van der Waals surface area contributed by atoms with Gasteiger partial charge in [-0.2, -0.15) is 0 Å². The highest BCUT2D eigenvalue weighted by atomic mass is 32.2. The van der Waals surface area contributed by atoms with Crippen molar-refractivity contribution in [3.8, 4) is 0 Å². The number of carbonyl (C=O) groups excluding carboxylic acids is 1. The van der Waals surface area contributed by atoms with Gasteiger partial charge in [0.1, 0.15) is 9.84 Å². The Bertz CT molecular complexity index is 375. The molecule has 0 radical (unpaired) electrons. The van der Waals surface area contributed by atoms with Crippen LogP contribution in [-0.2, 0) is 14.6 Å². The van der Waals surface area contributed by atoms with Gasteiger partial charge in [0.2, 0.25) is 5.91 Å². The van der Waals surface area contributed by atoms with Crippen molar-refractivity contribution in [1.82, 2.24) is 5.32 Å². The average Bonchev–Trinajstić information content (AvgIpc) is 2.25. The molecule has 0 aromatic rings. The van der Waals surface area contributed by atoms with Gasteiger partial charge in [-0.25, -0.2) is 8.42 Å². The molecule has 0 heterocycles. The second-order valence-corrected chi connectivity index (χ2v) is 7.04. The minimum absolute atomic E-state index is 0.0101. The van der Waals surface area contributed by atoms with Crippen LogP contribution in [0.2, 0.25) is 0 Å². The predicted molar refractivity (Wildman–Crippen MR) is 68.5 cm³/mol. The van der Waals surface area contributed by atoms with Gasteiger partial charge in [0.15, 0.2) is 0 Å². The first-order valence-corrected chi connectivity index (χ1v) is 7.98. The Hall–Kier alpha value is -0.840. The first kappa shape index (κ1) is 14.2. The molecule has 0 saturated heterocycles. The molecule has 1 amide bonds. The van der Waals surface area contributed by atoms with Crippen LogP contribution < -0.4 is 5.32 Å². The molecule has 0 aromatic heterocycles. The smallest absolute Gasteiger partial charge is 0.220 e. The quantitative estimate of drug-likeness (QED) is 0.760. The largest absolute Gasteiger partial charge is 0.353 e. The van der Waals surface area contributed by atoms with Crippen LogP contribution in [0.5, 0.6) is 0 Å². The van der Waals surface area contributed by atoms with Crippen LogP contribution in [0.4, 0.5) is 0 Å². The van der Waals surface area contributed by atoms with Gasteiger partial charge in [-0.1, -0.05) is 12.5 Å². The highest BCUT2D eigenvalue weighted by molar-refractivity contribution is 7.91. The summed E-state index contributed by atoms with van der Waals surface area (Å²) < 4.78 is 22.9. The zero-order valence-electron chi connectivity index (χ0n) is 10.3. The number of rotatable bonds is 5. The van der Waals surface area contributed by atoms with Gasteiger partial charge < -0.3 is 5.32 Å². The predicted octanol–water partition coefficient (Wildman–Crippen LogP) is 1.42. The third kappa shape index (κ3) is 4.89. The van der Waals surface area contributed by atoms with Crippen molar-refractivity contribution in [2.75, 3.05) is 6.26 Å². The highest BCUT2D eigenvalue weighted by Crippen LogP contribution is 2.23. The van der Waals surface area contributed by atoms with E-state index in [1.807, 2.05) is 0 Å². The minimum Gasteiger partial charge on any atom is -0.353 e. The molecule has 1 aliphatic carbocycles. The van der Waals surface area contributed by atoms with Crippen molar-refractivity contribution in [2.45, 2.75) is 49.8 Å². The summed E-state index contributed by atoms with van der Waals surface area (Å²) in [5, 5.41) is 2.61. The van der Waals surface area contributed by atoms with E-state index in [1.54, 1.807) is 6.08 Å². The lowest BCUT2D eigenvalue weighted by Gasteiger charge is -2.28. The number of allylic oxidation sites excluding steroid dienone is 1. The molecule has 1 saturated carbocycles. The van der Waals surface area contributed by atoms with Crippen LogP contribution in [-0.4, -0.2) is 31.9 Å². The standard InChI is InChI=1S/C12H21NO3S/c1-3-4-8-12(14)13-10-6-5-7-11(9-10)17(2,15)16/h3,10-11H,1,4-9H2,2H3,(H,13,14)/t10-,11+/m0/s1. The normalized spacial score (nSPS) is 25.2. The maximum absolute atomic E-state index is 11.5. The van der Waals surface area contributed by atoms with E-state index in [0.717, 1.165) is 19.3 Å². The van der Waals surface area contributed by atoms with E-state index in [2.05, 4.69) is 11.9 Å². The van der Waals surface area contributed by atoms with E-state index in [0.29, 0.717) is 19.3 Å². The summed E-state index contributed by atoms with van der Waals surface area (Å²) >= 11 is 0. The van der Waals surface area contributed by atoms with Gasteiger partial charge in [-0.3, -0.25) is 4.79 Å². The van der Waals surface area contributed by atoms with Crippen LogP contribution in [0, 0.1) is 0 Å². The minimum atomic E-state index is -2.98. The summed E-state index contributed by atoms with van der Waals surface area (Å²) in [4.78, 5) is 11.5. The third-order valence-corrected chi connectivity index (χ3v) is 4.81. The molecule has 0 aliphatic heterocycles. The SMILES string of the molecule is C=CCCC(=O)N[C@H]1CCC[C@@H](S(C)(=O)=O)C1. The lowest BCUT2D eigenvalue weighted by molar-refractivity contribution is -0.121. The summed E-state index contributed by atoms with van der Waals surface area (Å²) in [6.07, 6.45) is 7.10. The molecule has 0 aromatic carbocycles. The Morgan fingerprint density at radius 3 is 2.76 bits per heavy atom. The van der Waals surface area contributed by atoms with Gasteiger partial charge in [0.25, 0.3) is 0 Å². The molecule has 0 spiro atoms. The summed E-state index contributed by atoms with van der Waals surface area (Å²) in [5.41, 5.74) is 0. The molecule has 1 aliphatic rings. The lowest BCUT2D eigenvalue weighted by atomic mass is 9.95. The molecule has 1 fully saturated rings. The fourth-order valence-electron chi connectivity index (χ4n) is 2.20. The van der Waals surface area contributed by atoms with E-state index >= 15 is 0 Å². The van der Waals surface area contributed by atoms with Gasteiger partial charge in [0, 0.05) is 18.7 Å². The summed E-state index contributed by atoms with van der Waals surface area (Å²) in [6, 6.07) is 0.0146. The average molecular weight is 259 g/mol. The van der Waals surface area contributed by atoms with Crippen LogP contribution in [0.15, 0.2) is 12.7 Å². The summed E-state index contributed by atoms with van der Waals surface area (Å²) in [7, 11) is -2.98. The monoisotopic (exact) mass is 259 g/mol.